The molecule has 0 aliphatic carbocycles. The van der Waals surface area contributed by atoms with E-state index in [0.29, 0.717) is 39.0 Å². The predicted molar refractivity (Wildman–Crippen MR) is 138 cm³/mol. The molecule has 0 aliphatic rings. The van der Waals surface area contributed by atoms with Gasteiger partial charge in [-0.15, -0.1) is 6.58 Å². The fourth-order valence-electron chi connectivity index (χ4n) is 3.92. The first-order valence-electron chi connectivity index (χ1n) is 10.7. The van der Waals surface area contributed by atoms with Gasteiger partial charge in [0.05, 0.1) is 22.7 Å². The van der Waals surface area contributed by atoms with Crippen LogP contribution in [0.5, 0.6) is 11.5 Å². The molecule has 34 heavy (non-hydrogen) atoms. The van der Waals surface area contributed by atoms with E-state index in [-0.39, 0.29) is 5.56 Å². The zero-order chi connectivity index (χ0) is 23.7. The van der Waals surface area contributed by atoms with Gasteiger partial charge in [-0.25, -0.2) is 9.38 Å². The number of para-hydroxylation sites is 2. The number of imidazole rings is 1. The van der Waals surface area contributed by atoms with Crippen molar-refractivity contribution >= 4 is 45.0 Å². The van der Waals surface area contributed by atoms with E-state index in [1.54, 1.807) is 11.5 Å². The summed E-state index contributed by atoms with van der Waals surface area (Å²) in [5, 5.41) is 0.648. The van der Waals surface area contributed by atoms with Crippen LogP contribution >= 0.6 is 22.9 Å². The lowest BCUT2D eigenvalue weighted by molar-refractivity contribution is 0.282. The molecule has 0 spiro atoms. The Kier molecular flexibility index (Phi) is 6.09. The lowest BCUT2D eigenvalue weighted by Gasteiger charge is -2.16. The van der Waals surface area contributed by atoms with E-state index in [2.05, 4.69) is 11.6 Å². The average Bonchev–Trinajstić information content (AvgIpc) is 3.35. The van der Waals surface area contributed by atoms with Crippen LogP contribution in [0.1, 0.15) is 16.7 Å². The molecule has 0 N–H and O–H groups in total. The molecule has 5 aromatic rings. The van der Waals surface area contributed by atoms with Crippen LogP contribution in [0.3, 0.4) is 0 Å². The van der Waals surface area contributed by atoms with Crippen LogP contribution in [0.4, 0.5) is 0 Å². The molecule has 5 rings (SSSR count). The summed E-state index contributed by atoms with van der Waals surface area (Å²) in [5.41, 5.74) is 4.17. The number of fused-ring (bicyclic) bond motifs is 3. The lowest BCUT2D eigenvalue weighted by atomic mass is 10.1. The zero-order valence-corrected chi connectivity index (χ0v) is 20.0. The Morgan fingerprint density at radius 2 is 1.91 bits per heavy atom. The van der Waals surface area contributed by atoms with Gasteiger partial charge in [0.2, 0.25) is 0 Å². The zero-order valence-electron chi connectivity index (χ0n) is 18.5. The molecule has 0 unspecified atom stereocenters. The molecule has 0 saturated carbocycles. The second-order valence-corrected chi connectivity index (χ2v) is 9.13. The number of aromatic nitrogens is 2. The summed E-state index contributed by atoms with van der Waals surface area (Å²) in [5.74, 6) is 1.21. The van der Waals surface area contributed by atoms with E-state index in [1.165, 1.54) is 11.3 Å². The molecule has 0 atom stereocenters. The summed E-state index contributed by atoms with van der Waals surface area (Å²) < 4.78 is 14.1. The van der Waals surface area contributed by atoms with Crippen molar-refractivity contribution in [3.05, 3.63) is 110 Å². The average molecular weight is 489 g/mol. The summed E-state index contributed by atoms with van der Waals surface area (Å²) in [6.07, 6.45) is 4.26. The summed E-state index contributed by atoms with van der Waals surface area (Å²) in [4.78, 5) is 18.4. The van der Waals surface area contributed by atoms with Crippen LogP contribution in [0.15, 0.2) is 78.1 Å². The molecule has 0 saturated heterocycles. The molecule has 0 radical (unpaired) electrons. The molecule has 0 fully saturated rings. The van der Waals surface area contributed by atoms with Gasteiger partial charge in [-0.2, -0.15) is 0 Å². The minimum Gasteiger partial charge on any atom is -0.493 e. The quantitative estimate of drug-likeness (QED) is 0.287. The highest BCUT2D eigenvalue weighted by Gasteiger charge is 2.15. The molecule has 2 aromatic heterocycles. The molecule has 170 valence electrons. The van der Waals surface area contributed by atoms with Gasteiger partial charge in [0.25, 0.3) is 5.56 Å². The molecular weight excluding hydrogens is 468 g/mol. The first-order valence-corrected chi connectivity index (χ1v) is 11.9. The second kappa shape index (κ2) is 9.33. The highest BCUT2D eigenvalue weighted by Crippen LogP contribution is 2.35. The van der Waals surface area contributed by atoms with Crippen molar-refractivity contribution in [3.8, 4) is 11.5 Å². The standard InChI is InChI=1S/C27H21ClN2O3S/c1-3-8-18-13-17(14-23(32-2)25(18)33-16-19-9-4-5-10-20(19)28)15-24-26(31)30-22-12-7-6-11-21(22)29-27(30)34-24/h3-7,9-15H,1,8,16H2,2H3. The molecule has 2 heterocycles. The van der Waals surface area contributed by atoms with E-state index in [0.717, 1.165) is 27.7 Å². The molecule has 7 heteroatoms. The van der Waals surface area contributed by atoms with Crippen LogP contribution in [0.25, 0.3) is 22.1 Å². The summed E-state index contributed by atoms with van der Waals surface area (Å²) in [6.45, 7) is 4.19. The lowest BCUT2D eigenvalue weighted by Crippen LogP contribution is -2.22. The van der Waals surface area contributed by atoms with Crippen molar-refractivity contribution in [2.75, 3.05) is 7.11 Å². The topological polar surface area (TPSA) is 52.8 Å². The Bertz CT molecular complexity index is 1640. The van der Waals surface area contributed by atoms with Crippen LogP contribution in [-0.2, 0) is 13.0 Å². The highest BCUT2D eigenvalue weighted by atomic mass is 35.5. The fourth-order valence-corrected chi connectivity index (χ4v) is 5.10. The normalized spacial score (nSPS) is 11.9. The maximum absolute atomic E-state index is 13.1. The van der Waals surface area contributed by atoms with E-state index in [1.807, 2.05) is 72.8 Å². The van der Waals surface area contributed by atoms with Crippen molar-refractivity contribution in [2.45, 2.75) is 13.0 Å². The summed E-state index contributed by atoms with van der Waals surface area (Å²) in [6, 6.07) is 19.1. The minimum atomic E-state index is -0.0861. The van der Waals surface area contributed by atoms with E-state index < -0.39 is 0 Å². The van der Waals surface area contributed by atoms with Gasteiger partial charge in [0, 0.05) is 16.1 Å². The molecule has 5 nitrogen and oxygen atoms in total. The van der Waals surface area contributed by atoms with Crippen molar-refractivity contribution in [3.63, 3.8) is 0 Å². The third-order valence-electron chi connectivity index (χ3n) is 5.51. The van der Waals surface area contributed by atoms with E-state index >= 15 is 0 Å². The SMILES string of the molecule is C=CCc1cc(C=c2sc3nc4ccccc4n3c2=O)cc(OC)c1OCc1ccccc1Cl. The number of hydrogen-bond donors (Lipinski definition) is 0. The Balaban J connectivity index is 1.57. The Hall–Kier alpha value is -3.61. The minimum absolute atomic E-state index is 0.0861. The van der Waals surface area contributed by atoms with Crippen molar-refractivity contribution in [2.24, 2.45) is 0 Å². The number of ether oxygens (including phenoxy) is 2. The van der Waals surface area contributed by atoms with Gasteiger partial charge < -0.3 is 9.47 Å². The van der Waals surface area contributed by atoms with Crippen molar-refractivity contribution in [1.82, 2.24) is 9.38 Å². The third kappa shape index (κ3) is 4.06. The number of rotatable bonds is 7. The largest absolute Gasteiger partial charge is 0.493 e. The van der Waals surface area contributed by atoms with E-state index in [4.69, 9.17) is 21.1 Å². The summed E-state index contributed by atoms with van der Waals surface area (Å²) in [7, 11) is 1.60. The second-order valence-electron chi connectivity index (χ2n) is 7.72. The van der Waals surface area contributed by atoms with Gasteiger partial charge in [-0.1, -0.05) is 59.3 Å². The predicted octanol–water partition coefficient (Wildman–Crippen LogP) is 5.43. The number of nitrogens with zero attached hydrogens (tertiary/aromatic N) is 2. The van der Waals surface area contributed by atoms with Gasteiger partial charge >= 0.3 is 0 Å². The molecule has 0 aliphatic heterocycles. The monoisotopic (exact) mass is 488 g/mol. The number of hydrogen-bond acceptors (Lipinski definition) is 5. The van der Waals surface area contributed by atoms with Crippen molar-refractivity contribution in [1.29, 1.82) is 0 Å². The van der Waals surface area contributed by atoms with Gasteiger partial charge in [0.1, 0.15) is 6.61 Å². The fraction of sp³-hybridized carbons (Fsp3) is 0.111. The van der Waals surface area contributed by atoms with Gasteiger partial charge in [-0.05, 0) is 48.4 Å². The first kappa shape index (κ1) is 22.2. The van der Waals surface area contributed by atoms with Crippen molar-refractivity contribution < 1.29 is 9.47 Å². The number of halogens is 1. The number of allylic oxidation sites excluding steroid dienone is 1. The maximum atomic E-state index is 13.1. The Labute approximate surface area is 205 Å². The summed E-state index contributed by atoms with van der Waals surface area (Å²) >= 11 is 7.66. The van der Waals surface area contributed by atoms with Crippen LogP contribution in [-0.4, -0.2) is 16.5 Å². The van der Waals surface area contributed by atoms with Crippen LogP contribution in [0.2, 0.25) is 5.02 Å². The smallest absolute Gasteiger partial charge is 0.274 e. The first-order chi connectivity index (χ1) is 16.6. The van der Waals surface area contributed by atoms with Gasteiger partial charge in [0.15, 0.2) is 16.5 Å². The van der Waals surface area contributed by atoms with E-state index in [9.17, 15) is 4.79 Å². The number of thiazole rings is 1. The molecule has 0 amide bonds. The molecule has 3 aromatic carbocycles. The molecular formula is C27H21ClN2O3S. The maximum Gasteiger partial charge on any atom is 0.274 e. The number of benzene rings is 3. The Morgan fingerprint density at radius 1 is 1.12 bits per heavy atom. The highest BCUT2D eigenvalue weighted by molar-refractivity contribution is 7.15. The Morgan fingerprint density at radius 3 is 2.71 bits per heavy atom. The van der Waals surface area contributed by atoms with Gasteiger partial charge in [-0.3, -0.25) is 4.79 Å². The molecule has 0 bridgehead atoms. The number of methoxy groups -OCH3 is 1. The van der Waals surface area contributed by atoms with Crippen LogP contribution < -0.4 is 19.6 Å². The third-order valence-corrected chi connectivity index (χ3v) is 6.85. The van der Waals surface area contributed by atoms with Crippen LogP contribution in [0, 0.1) is 0 Å².